The normalized spacial score (nSPS) is 16.7. The highest BCUT2D eigenvalue weighted by molar-refractivity contribution is 7.86. The van der Waals surface area contributed by atoms with E-state index >= 15 is 0 Å². The molecule has 0 spiro atoms. The summed E-state index contributed by atoms with van der Waals surface area (Å²) in [6.45, 7) is -0.291. The average molecular weight is 359 g/mol. The zero-order valence-corrected chi connectivity index (χ0v) is 13.3. The lowest BCUT2D eigenvalue weighted by Gasteiger charge is -2.23. The molecule has 1 aromatic carbocycles. The van der Waals surface area contributed by atoms with Gasteiger partial charge in [-0.15, -0.1) is 0 Å². The molecule has 2 unspecified atom stereocenters. The molecule has 1 heterocycles. The molecule has 0 radical (unpaired) electrons. The maximum atomic E-state index is 13.3. The Morgan fingerprint density at radius 1 is 1.25 bits per heavy atom. The summed E-state index contributed by atoms with van der Waals surface area (Å²) >= 11 is 0. The fourth-order valence-electron chi connectivity index (χ4n) is 2.24. The lowest BCUT2D eigenvalue weighted by molar-refractivity contribution is -0.146. The Morgan fingerprint density at radius 2 is 1.75 bits per heavy atom. The van der Waals surface area contributed by atoms with Crippen LogP contribution in [0.3, 0.4) is 0 Å². The summed E-state index contributed by atoms with van der Waals surface area (Å²) in [6.07, 6.45) is -0.734. The molecule has 1 aliphatic heterocycles. The van der Waals surface area contributed by atoms with Crippen molar-refractivity contribution < 1.29 is 36.5 Å². The zero-order chi connectivity index (χ0) is 18.1. The highest BCUT2D eigenvalue weighted by Gasteiger charge is 2.41. The monoisotopic (exact) mass is 359 g/mol. The number of amides is 2. The van der Waals surface area contributed by atoms with Gasteiger partial charge in [0.15, 0.2) is 0 Å². The maximum absolute atomic E-state index is 13.3. The number of carbonyl (C=O) groups is 3. The second-order valence-corrected chi connectivity index (χ2v) is 6.80. The molecule has 0 saturated heterocycles. The molecule has 2 rings (SSSR count). The number of benzene rings is 1. The van der Waals surface area contributed by atoms with E-state index in [9.17, 15) is 27.2 Å². The number of fused-ring (bicyclic) bond motifs is 1. The van der Waals surface area contributed by atoms with Crippen molar-refractivity contribution in [2.75, 3.05) is 6.67 Å². The summed E-state index contributed by atoms with van der Waals surface area (Å²) in [6, 6.07) is 4.46. The minimum Gasteiger partial charge on any atom is -0.444 e. The Kier molecular flexibility index (Phi) is 4.99. The van der Waals surface area contributed by atoms with Crippen molar-refractivity contribution in [1.29, 1.82) is 0 Å². The number of hydrogen-bond acceptors (Lipinski definition) is 6. The van der Waals surface area contributed by atoms with Crippen molar-refractivity contribution in [3.05, 3.63) is 35.4 Å². The van der Waals surface area contributed by atoms with Gasteiger partial charge < -0.3 is 4.74 Å². The van der Waals surface area contributed by atoms with E-state index in [1.165, 1.54) is 12.1 Å². The largest absolute Gasteiger partial charge is 0.444 e. The molecule has 8 nitrogen and oxygen atoms in total. The first kappa shape index (κ1) is 18.0. The van der Waals surface area contributed by atoms with Crippen LogP contribution in [0.25, 0.3) is 0 Å². The van der Waals surface area contributed by atoms with Crippen LogP contribution in [0, 0.1) is 0 Å². The van der Waals surface area contributed by atoms with Gasteiger partial charge in [0.1, 0.15) is 6.67 Å². The van der Waals surface area contributed by atoms with Gasteiger partial charge in [-0.2, -0.15) is 8.42 Å². The summed E-state index contributed by atoms with van der Waals surface area (Å²) in [4.78, 5) is 36.8. The third-order valence-corrected chi connectivity index (χ3v) is 4.42. The maximum Gasteiger partial charge on any atom is 0.309 e. The van der Waals surface area contributed by atoms with E-state index in [1.807, 2.05) is 0 Å². The van der Waals surface area contributed by atoms with Crippen LogP contribution >= 0.6 is 0 Å². The van der Waals surface area contributed by atoms with Crippen LogP contribution < -0.4 is 0 Å². The summed E-state index contributed by atoms with van der Waals surface area (Å²) < 4.78 is 48.1. The lowest BCUT2D eigenvalue weighted by atomic mass is 10.1. The molecular weight excluding hydrogens is 345 g/mol. The van der Waals surface area contributed by atoms with E-state index in [-0.39, 0.29) is 11.1 Å². The molecule has 10 heteroatoms. The smallest absolute Gasteiger partial charge is 0.309 e. The van der Waals surface area contributed by atoms with Crippen molar-refractivity contribution in [1.82, 2.24) is 4.90 Å². The van der Waals surface area contributed by atoms with Gasteiger partial charge in [-0.3, -0.25) is 23.8 Å². The summed E-state index contributed by atoms with van der Waals surface area (Å²) in [5, 5.41) is 0. The first-order valence-electron chi connectivity index (χ1n) is 6.85. The number of hydrogen-bond donors (Lipinski definition) is 1. The van der Waals surface area contributed by atoms with Crippen molar-refractivity contribution in [2.24, 2.45) is 0 Å². The standard InChI is InChI=1S/C14H14FNO7S/c1-8(24(20,21)22)23-12(17)6-9(7-15)16-13(18)10-4-2-3-5-11(10)14(16)19/h2-5,8-9H,6-7H2,1H3,(H,20,21,22). The Hall–Kier alpha value is -2.33. The Bertz CT molecular complexity index is 757. The van der Waals surface area contributed by atoms with Gasteiger partial charge in [-0.1, -0.05) is 12.1 Å². The third kappa shape index (κ3) is 3.44. The van der Waals surface area contributed by atoms with Gasteiger partial charge >= 0.3 is 16.1 Å². The molecule has 2 atom stereocenters. The minimum absolute atomic E-state index is 0.0978. The molecule has 0 aliphatic carbocycles. The molecule has 1 aliphatic rings. The van der Waals surface area contributed by atoms with Crippen molar-refractivity contribution in [3.8, 4) is 0 Å². The predicted molar refractivity (Wildman–Crippen MR) is 78.4 cm³/mol. The van der Waals surface area contributed by atoms with Crippen molar-refractivity contribution in [2.45, 2.75) is 24.8 Å². The van der Waals surface area contributed by atoms with Gasteiger partial charge in [-0.05, 0) is 19.1 Å². The second kappa shape index (κ2) is 6.65. The van der Waals surface area contributed by atoms with Crippen LogP contribution in [0.5, 0.6) is 0 Å². The fraction of sp³-hybridized carbons (Fsp3) is 0.357. The van der Waals surface area contributed by atoms with Crippen LogP contribution in [0.1, 0.15) is 34.1 Å². The van der Waals surface area contributed by atoms with E-state index in [1.54, 1.807) is 12.1 Å². The van der Waals surface area contributed by atoms with E-state index in [2.05, 4.69) is 4.74 Å². The molecule has 0 fully saturated rings. The Morgan fingerprint density at radius 3 is 2.17 bits per heavy atom. The number of alkyl halides is 1. The molecule has 24 heavy (non-hydrogen) atoms. The molecule has 0 bridgehead atoms. The van der Waals surface area contributed by atoms with Crippen LogP contribution in [0.2, 0.25) is 0 Å². The number of esters is 1. The number of ether oxygens (including phenoxy) is 1. The predicted octanol–water partition coefficient (Wildman–Crippen LogP) is 0.788. The molecule has 0 saturated carbocycles. The van der Waals surface area contributed by atoms with Crippen LogP contribution in [-0.4, -0.2) is 53.8 Å². The van der Waals surface area contributed by atoms with E-state index in [0.717, 1.165) is 6.92 Å². The van der Waals surface area contributed by atoms with Crippen LogP contribution in [0.15, 0.2) is 24.3 Å². The van der Waals surface area contributed by atoms with E-state index in [4.69, 9.17) is 4.55 Å². The molecule has 130 valence electrons. The van der Waals surface area contributed by atoms with Crippen LogP contribution in [-0.2, 0) is 19.6 Å². The first-order chi connectivity index (χ1) is 11.2. The fourth-order valence-corrected chi connectivity index (χ4v) is 2.47. The highest BCUT2D eigenvalue weighted by Crippen LogP contribution is 2.26. The molecule has 2 amide bonds. The van der Waals surface area contributed by atoms with Gasteiger partial charge in [0.05, 0.1) is 23.6 Å². The van der Waals surface area contributed by atoms with Gasteiger partial charge in [0.25, 0.3) is 11.8 Å². The van der Waals surface area contributed by atoms with Gasteiger partial charge in [-0.25, -0.2) is 4.39 Å². The Balaban J connectivity index is 2.14. The van der Waals surface area contributed by atoms with Crippen LogP contribution in [0.4, 0.5) is 4.39 Å². The average Bonchev–Trinajstić information content (AvgIpc) is 2.76. The second-order valence-electron chi connectivity index (χ2n) is 5.11. The molecule has 1 aromatic rings. The highest BCUT2D eigenvalue weighted by atomic mass is 32.2. The molecule has 0 aromatic heterocycles. The number of nitrogens with zero attached hydrogens (tertiary/aromatic N) is 1. The van der Waals surface area contributed by atoms with Crippen molar-refractivity contribution in [3.63, 3.8) is 0 Å². The third-order valence-electron chi connectivity index (χ3n) is 3.49. The first-order valence-corrected chi connectivity index (χ1v) is 8.35. The summed E-state index contributed by atoms with van der Waals surface area (Å²) in [5.41, 5.74) is -1.64. The van der Waals surface area contributed by atoms with Gasteiger partial charge in [0, 0.05) is 0 Å². The zero-order valence-electron chi connectivity index (χ0n) is 12.5. The topological polar surface area (TPSA) is 118 Å². The Labute approximate surface area is 136 Å². The van der Waals surface area contributed by atoms with Crippen molar-refractivity contribution >= 4 is 27.9 Å². The lowest BCUT2D eigenvalue weighted by Crippen LogP contribution is -2.43. The van der Waals surface area contributed by atoms with E-state index < -0.39 is 52.5 Å². The molecule has 1 N–H and O–H groups in total. The number of halogens is 1. The molecular formula is C14H14FNO7S. The number of rotatable bonds is 6. The summed E-state index contributed by atoms with van der Waals surface area (Å²) in [5.74, 6) is -2.65. The quantitative estimate of drug-likeness (QED) is 0.453. The SMILES string of the molecule is CC(OC(=O)CC(CF)N1C(=O)c2ccccc2C1=O)S(=O)(=O)O. The van der Waals surface area contributed by atoms with E-state index in [0.29, 0.717) is 4.90 Å². The number of carbonyl (C=O) groups excluding carboxylic acids is 3. The van der Waals surface area contributed by atoms with Gasteiger partial charge in [0.2, 0.25) is 5.44 Å². The summed E-state index contributed by atoms with van der Waals surface area (Å²) in [7, 11) is -4.61. The number of imide groups is 1. The minimum atomic E-state index is -4.61.